The van der Waals surface area contributed by atoms with E-state index in [0.29, 0.717) is 13.2 Å². The number of hydrogen-bond acceptors (Lipinski definition) is 5. The van der Waals surface area contributed by atoms with Crippen molar-refractivity contribution >= 4 is 5.97 Å². The van der Waals surface area contributed by atoms with Gasteiger partial charge in [0.1, 0.15) is 6.61 Å². The van der Waals surface area contributed by atoms with Crippen molar-refractivity contribution in [1.29, 1.82) is 0 Å². The summed E-state index contributed by atoms with van der Waals surface area (Å²) < 4.78 is 4.66. The number of hydrogen-bond donors (Lipinski definition) is 2. The van der Waals surface area contributed by atoms with Crippen molar-refractivity contribution in [3.8, 4) is 0 Å². The van der Waals surface area contributed by atoms with E-state index in [-0.39, 0.29) is 6.61 Å². The van der Waals surface area contributed by atoms with Crippen molar-refractivity contribution in [3.63, 3.8) is 0 Å². The lowest BCUT2D eigenvalue weighted by molar-refractivity contribution is -0.149. The molecule has 0 fully saturated rings. The van der Waals surface area contributed by atoms with Crippen molar-refractivity contribution in [2.24, 2.45) is 11.6 Å². The third-order valence-electron chi connectivity index (χ3n) is 0.614. The van der Waals surface area contributed by atoms with E-state index < -0.39 is 5.97 Å². The molecule has 5 heteroatoms. The summed E-state index contributed by atoms with van der Waals surface area (Å²) >= 11 is 0. The molecule has 0 saturated carbocycles. The number of ether oxygens (including phenoxy) is 1. The zero-order valence-electron chi connectivity index (χ0n) is 5.00. The van der Waals surface area contributed by atoms with Crippen LogP contribution >= 0.6 is 0 Å². The van der Waals surface area contributed by atoms with Gasteiger partial charge in [-0.1, -0.05) is 0 Å². The number of nitrogens with two attached hydrogens (primary N) is 2. The molecule has 54 valence electrons. The van der Waals surface area contributed by atoms with Gasteiger partial charge in [0.15, 0.2) is 0 Å². The minimum atomic E-state index is -0.594. The molecule has 0 aliphatic rings. The second-order valence-corrected chi connectivity index (χ2v) is 1.33. The maximum Gasteiger partial charge on any atom is 0.350 e. The van der Waals surface area contributed by atoms with Crippen LogP contribution in [0.5, 0.6) is 0 Å². The molecule has 0 aromatic heterocycles. The lowest BCUT2D eigenvalue weighted by atomic mass is 10.7. The Morgan fingerprint density at radius 1 is 1.56 bits per heavy atom. The van der Waals surface area contributed by atoms with E-state index >= 15 is 0 Å². The quantitative estimate of drug-likeness (QED) is 0.356. The largest absolute Gasteiger partial charge is 0.372 e. The highest BCUT2D eigenvalue weighted by molar-refractivity contribution is 5.70. The fourth-order valence-electron chi connectivity index (χ4n) is 0.273. The van der Waals surface area contributed by atoms with Crippen LogP contribution in [-0.4, -0.2) is 25.7 Å². The summed E-state index contributed by atoms with van der Waals surface area (Å²) in [4.78, 5) is 14.0. The van der Waals surface area contributed by atoms with Crippen LogP contribution < -0.4 is 11.6 Å². The molecule has 0 heterocycles. The SMILES string of the molecule is NCCOCC(=O)ON. The molecule has 0 amide bonds. The zero-order chi connectivity index (χ0) is 7.11. The smallest absolute Gasteiger partial charge is 0.350 e. The molecular formula is C4H10N2O3. The van der Waals surface area contributed by atoms with E-state index in [1.54, 1.807) is 0 Å². The van der Waals surface area contributed by atoms with E-state index in [2.05, 4.69) is 15.5 Å². The van der Waals surface area contributed by atoms with Crippen LogP contribution in [0, 0.1) is 0 Å². The maximum absolute atomic E-state index is 10.2. The Morgan fingerprint density at radius 3 is 2.67 bits per heavy atom. The van der Waals surface area contributed by atoms with Gasteiger partial charge in [0, 0.05) is 6.54 Å². The van der Waals surface area contributed by atoms with Gasteiger partial charge in [0.05, 0.1) is 6.61 Å². The highest BCUT2D eigenvalue weighted by Gasteiger charge is 1.97. The van der Waals surface area contributed by atoms with Crippen LogP contribution in [0.15, 0.2) is 0 Å². The normalized spacial score (nSPS) is 9.11. The number of carbonyl (C=O) groups excluding carboxylic acids is 1. The molecular weight excluding hydrogens is 124 g/mol. The van der Waals surface area contributed by atoms with Crippen molar-refractivity contribution in [2.75, 3.05) is 19.8 Å². The summed E-state index contributed by atoms with van der Waals surface area (Å²) in [6.07, 6.45) is 0. The third-order valence-corrected chi connectivity index (χ3v) is 0.614. The van der Waals surface area contributed by atoms with E-state index in [1.165, 1.54) is 0 Å². The molecule has 4 N–H and O–H groups in total. The van der Waals surface area contributed by atoms with Crippen molar-refractivity contribution < 1.29 is 14.4 Å². The van der Waals surface area contributed by atoms with E-state index in [0.717, 1.165) is 0 Å². The zero-order valence-corrected chi connectivity index (χ0v) is 5.00. The Bertz CT molecular complexity index is 85.9. The molecule has 0 aliphatic heterocycles. The summed E-state index contributed by atoms with van der Waals surface area (Å²) in [5.74, 6) is 3.90. The molecule has 0 saturated heterocycles. The average Bonchev–Trinajstić information content (AvgIpc) is 1.89. The predicted octanol–water partition coefficient (Wildman–Crippen LogP) is -1.62. The van der Waals surface area contributed by atoms with Gasteiger partial charge in [0.25, 0.3) is 0 Å². The van der Waals surface area contributed by atoms with Gasteiger partial charge in [-0.2, -0.15) is 5.90 Å². The molecule has 0 spiro atoms. The van der Waals surface area contributed by atoms with Gasteiger partial charge in [-0.25, -0.2) is 4.79 Å². The monoisotopic (exact) mass is 134 g/mol. The summed E-state index contributed by atoms with van der Waals surface area (Å²) in [7, 11) is 0. The van der Waals surface area contributed by atoms with Gasteiger partial charge in [-0.15, -0.1) is 0 Å². The molecule has 0 aromatic rings. The summed E-state index contributed by atoms with van der Waals surface area (Å²) in [6, 6.07) is 0. The van der Waals surface area contributed by atoms with Crippen molar-refractivity contribution in [2.45, 2.75) is 0 Å². The fourth-order valence-corrected chi connectivity index (χ4v) is 0.273. The van der Waals surface area contributed by atoms with Crippen LogP contribution in [0.25, 0.3) is 0 Å². The van der Waals surface area contributed by atoms with Gasteiger partial charge in [-0.3, -0.25) is 0 Å². The maximum atomic E-state index is 10.2. The van der Waals surface area contributed by atoms with Crippen LogP contribution in [0.1, 0.15) is 0 Å². The van der Waals surface area contributed by atoms with Crippen LogP contribution in [-0.2, 0) is 14.4 Å². The molecule has 0 rings (SSSR count). The minimum absolute atomic E-state index is 0.131. The Balaban J connectivity index is 2.97. The molecule has 0 aliphatic carbocycles. The predicted molar refractivity (Wildman–Crippen MR) is 30.2 cm³/mol. The molecule has 0 unspecified atom stereocenters. The molecule has 0 aromatic carbocycles. The fraction of sp³-hybridized carbons (Fsp3) is 0.750. The highest BCUT2D eigenvalue weighted by atomic mass is 16.7. The number of carbonyl (C=O) groups is 1. The van der Waals surface area contributed by atoms with Crippen LogP contribution in [0.2, 0.25) is 0 Å². The average molecular weight is 134 g/mol. The second-order valence-electron chi connectivity index (χ2n) is 1.33. The molecule has 0 radical (unpaired) electrons. The van der Waals surface area contributed by atoms with E-state index in [4.69, 9.17) is 5.73 Å². The van der Waals surface area contributed by atoms with Crippen molar-refractivity contribution in [1.82, 2.24) is 0 Å². The Labute approximate surface area is 52.9 Å². The number of rotatable bonds is 4. The molecule has 9 heavy (non-hydrogen) atoms. The second kappa shape index (κ2) is 5.49. The topological polar surface area (TPSA) is 87.6 Å². The lowest BCUT2D eigenvalue weighted by Gasteiger charge is -1.97. The first-order valence-electron chi connectivity index (χ1n) is 2.48. The first-order chi connectivity index (χ1) is 4.31. The summed E-state index contributed by atoms with van der Waals surface area (Å²) in [6.45, 7) is 0.598. The Hall–Kier alpha value is -0.650. The molecule has 5 nitrogen and oxygen atoms in total. The van der Waals surface area contributed by atoms with Gasteiger partial charge >= 0.3 is 5.97 Å². The summed E-state index contributed by atoms with van der Waals surface area (Å²) in [5, 5.41) is 0. The van der Waals surface area contributed by atoms with Gasteiger partial charge in [-0.05, 0) is 0 Å². The first-order valence-corrected chi connectivity index (χ1v) is 2.48. The Kier molecular flexibility index (Phi) is 5.09. The van der Waals surface area contributed by atoms with Gasteiger partial charge in [0.2, 0.25) is 0 Å². The molecule has 0 bridgehead atoms. The standard InChI is InChI=1S/C4H10N2O3/c5-1-2-8-3-4(7)9-6/h1-3,5-6H2. The third kappa shape index (κ3) is 5.22. The van der Waals surface area contributed by atoms with E-state index in [9.17, 15) is 4.79 Å². The van der Waals surface area contributed by atoms with Crippen LogP contribution in [0.4, 0.5) is 0 Å². The minimum Gasteiger partial charge on any atom is -0.372 e. The van der Waals surface area contributed by atoms with Crippen molar-refractivity contribution in [3.05, 3.63) is 0 Å². The van der Waals surface area contributed by atoms with E-state index in [1.807, 2.05) is 0 Å². The first kappa shape index (κ1) is 8.35. The van der Waals surface area contributed by atoms with Crippen LogP contribution in [0.3, 0.4) is 0 Å². The summed E-state index contributed by atoms with van der Waals surface area (Å²) in [5.41, 5.74) is 5.05. The molecule has 0 atom stereocenters. The Morgan fingerprint density at radius 2 is 2.22 bits per heavy atom. The van der Waals surface area contributed by atoms with Gasteiger partial charge < -0.3 is 15.3 Å². The lowest BCUT2D eigenvalue weighted by Crippen LogP contribution is -2.19. The highest BCUT2D eigenvalue weighted by Crippen LogP contribution is 1.73.